The van der Waals surface area contributed by atoms with Gasteiger partial charge >= 0.3 is 6.03 Å². The molecule has 0 spiro atoms. The zero-order valence-electron chi connectivity index (χ0n) is 11.1. The maximum atomic E-state index is 13.4. The predicted molar refractivity (Wildman–Crippen MR) is 79.5 cm³/mol. The lowest BCUT2D eigenvalue weighted by atomic mass is 10.1. The van der Waals surface area contributed by atoms with Crippen molar-refractivity contribution in [1.82, 2.24) is 13.6 Å². The minimum absolute atomic E-state index is 0.159. The van der Waals surface area contributed by atoms with Gasteiger partial charge in [0, 0.05) is 18.8 Å². The summed E-state index contributed by atoms with van der Waals surface area (Å²) in [4.78, 5) is 13.8. The number of para-hydroxylation sites is 1. The lowest BCUT2D eigenvalue weighted by molar-refractivity contribution is 0.217. The number of anilines is 1. The number of rotatable bonds is 2. The van der Waals surface area contributed by atoms with Gasteiger partial charge in [0.1, 0.15) is 5.69 Å². The number of hydrogen-bond acceptors (Lipinski definition) is 4. The summed E-state index contributed by atoms with van der Waals surface area (Å²) in [5, 5.41) is 2.83. The lowest BCUT2D eigenvalue weighted by Crippen LogP contribution is -2.37. The maximum Gasteiger partial charge on any atom is 0.322 e. The maximum absolute atomic E-state index is 13.4. The van der Waals surface area contributed by atoms with Crippen molar-refractivity contribution in [2.75, 3.05) is 18.4 Å². The van der Waals surface area contributed by atoms with Crippen molar-refractivity contribution >= 4 is 29.0 Å². The van der Waals surface area contributed by atoms with E-state index in [4.69, 9.17) is 0 Å². The molecule has 0 radical (unpaired) electrons. The molecule has 2 amide bonds. The Morgan fingerprint density at radius 3 is 2.71 bits per heavy atom. The molecule has 2 aromatic rings. The van der Waals surface area contributed by atoms with Crippen LogP contribution >= 0.6 is 11.7 Å². The average Bonchev–Trinajstić information content (AvgIpc) is 2.94. The van der Waals surface area contributed by atoms with Crippen molar-refractivity contribution in [3.8, 4) is 0 Å². The summed E-state index contributed by atoms with van der Waals surface area (Å²) in [6.07, 6.45) is 2.40. The number of hydrogen-bond donors (Lipinski definition) is 1. The highest BCUT2D eigenvalue weighted by Gasteiger charge is 2.21. The number of nitrogens with one attached hydrogen (secondary N) is 1. The molecular formula is C14H13FN4OS. The highest BCUT2D eigenvalue weighted by Crippen LogP contribution is 2.23. The molecule has 1 aliphatic rings. The monoisotopic (exact) mass is 304 g/mol. The zero-order valence-corrected chi connectivity index (χ0v) is 11.9. The predicted octanol–water partition coefficient (Wildman–Crippen LogP) is 3.00. The normalized spacial score (nSPS) is 14.7. The summed E-state index contributed by atoms with van der Waals surface area (Å²) >= 11 is 0.860. The van der Waals surface area contributed by atoms with Gasteiger partial charge in [0.15, 0.2) is 0 Å². The zero-order chi connectivity index (χ0) is 14.7. The second kappa shape index (κ2) is 6.01. The van der Waals surface area contributed by atoms with E-state index in [1.807, 2.05) is 36.4 Å². The first-order chi connectivity index (χ1) is 10.2. The summed E-state index contributed by atoms with van der Waals surface area (Å²) < 4.78 is 20.9. The van der Waals surface area contributed by atoms with Gasteiger partial charge in [-0.25, -0.2) is 4.79 Å². The Kier molecular flexibility index (Phi) is 3.92. The van der Waals surface area contributed by atoms with Gasteiger partial charge < -0.3 is 10.2 Å². The number of amides is 2. The van der Waals surface area contributed by atoms with Crippen molar-refractivity contribution in [3.05, 3.63) is 48.0 Å². The highest BCUT2D eigenvalue weighted by atomic mass is 32.1. The van der Waals surface area contributed by atoms with Crippen molar-refractivity contribution in [3.63, 3.8) is 0 Å². The largest absolute Gasteiger partial charge is 0.322 e. The van der Waals surface area contributed by atoms with Gasteiger partial charge in [0.25, 0.3) is 5.95 Å². The number of nitrogens with zero attached hydrogens (tertiary/aromatic N) is 3. The molecule has 0 saturated carbocycles. The minimum atomic E-state index is -0.534. The van der Waals surface area contributed by atoms with Crippen LogP contribution in [0.25, 0.3) is 5.57 Å². The Labute approximate surface area is 125 Å². The van der Waals surface area contributed by atoms with Gasteiger partial charge in [0.05, 0.1) is 11.7 Å². The van der Waals surface area contributed by atoms with Crippen molar-refractivity contribution in [2.45, 2.75) is 6.42 Å². The molecule has 21 heavy (non-hydrogen) atoms. The fraction of sp³-hybridized carbons (Fsp3) is 0.214. The van der Waals surface area contributed by atoms with Crippen LogP contribution in [0.2, 0.25) is 0 Å². The van der Waals surface area contributed by atoms with Crippen LogP contribution in [0.3, 0.4) is 0 Å². The van der Waals surface area contributed by atoms with E-state index >= 15 is 0 Å². The molecule has 0 aliphatic carbocycles. The summed E-state index contributed by atoms with van der Waals surface area (Å²) in [7, 11) is 0. The minimum Gasteiger partial charge on any atom is -0.320 e. The smallest absolute Gasteiger partial charge is 0.320 e. The molecular weight excluding hydrogens is 291 g/mol. The van der Waals surface area contributed by atoms with E-state index in [0.29, 0.717) is 25.2 Å². The van der Waals surface area contributed by atoms with Crippen molar-refractivity contribution in [1.29, 1.82) is 0 Å². The summed E-state index contributed by atoms with van der Waals surface area (Å²) in [6, 6.07) is 9.12. The molecule has 1 aromatic carbocycles. The molecule has 1 N–H and O–H groups in total. The van der Waals surface area contributed by atoms with Crippen LogP contribution in [0.4, 0.5) is 14.9 Å². The fourth-order valence-corrected chi connectivity index (χ4v) is 2.64. The van der Waals surface area contributed by atoms with Gasteiger partial charge in [-0.15, -0.1) is 4.37 Å². The Balaban J connectivity index is 1.64. The van der Waals surface area contributed by atoms with Gasteiger partial charge in [0.2, 0.25) is 0 Å². The second-order valence-electron chi connectivity index (χ2n) is 4.63. The second-order valence-corrected chi connectivity index (χ2v) is 5.15. The molecule has 108 valence electrons. The van der Waals surface area contributed by atoms with Crippen molar-refractivity contribution in [2.24, 2.45) is 0 Å². The number of halogens is 1. The van der Waals surface area contributed by atoms with Crippen LogP contribution in [0.15, 0.2) is 36.4 Å². The summed E-state index contributed by atoms with van der Waals surface area (Å²) in [5.74, 6) is -0.534. The molecule has 1 aliphatic heterocycles. The van der Waals surface area contributed by atoms with Crippen LogP contribution in [-0.2, 0) is 0 Å². The third-order valence-corrected chi connectivity index (χ3v) is 3.78. The van der Waals surface area contributed by atoms with Gasteiger partial charge in [-0.3, -0.25) is 0 Å². The van der Waals surface area contributed by atoms with Crippen LogP contribution in [0.1, 0.15) is 12.1 Å². The third kappa shape index (κ3) is 3.08. The summed E-state index contributed by atoms with van der Waals surface area (Å²) in [6.45, 7) is 0.965. The molecule has 5 nitrogen and oxygen atoms in total. The molecule has 0 unspecified atom stereocenters. The molecule has 0 atom stereocenters. The van der Waals surface area contributed by atoms with Crippen LogP contribution in [0, 0.1) is 5.95 Å². The first-order valence-electron chi connectivity index (χ1n) is 6.52. The Morgan fingerprint density at radius 1 is 1.29 bits per heavy atom. The Bertz CT molecular complexity index is 671. The van der Waals surface area contributed by atoms with E-state index in [-0.39, 0.29) is 6.03 Å². The Morgan fingerprint density at radius 2 is 2.10 bits per heavy atom. The van der Waals surface area contributed by atoms with Crippen LogP contribution in [0.5, 0.6) is 0 Å². The molecule has 0 saturated heterocycles. The average molecular weight is 304 g/mol. The number of aromatic nitrogens is 2. The molecule has 2 heterocycles. The van der Waals surface area contributed by atoms with Crippen LogP contribution < -0.4 is 5.32 Å². The quantitative estimate of drug-likeness (QED) is 0.928. The fourth-order valence-electron chi connectivity index (χ4n) is 2.16. The lowest BCUT2D eigenvalue weighted by Gasteiger charge is -2.26. The van der Waals surface area contributed by atoms with Gasteiger partial charge in [-0.05, 0) is 24.1 Å². The molecule has 1 aromatic heterocycles. The first-order valence-corrected chi connectivity index (χ1v) is 7.25. The first kappa shape index (κ1) is 13.7. The summed E-state index contributed by atoms with van der Waals surface area (Å²) in [5.41, 5.74) is 1.88. The van der Waals surface area contributed by atoms with E-state index in [0.717, 1.165) is 23.0 Å². The standard InChI is InChI=1S/C14H13FN4OS/c15-13-12(17-21-18-13)10-6-8-19(9-7-10)14(20)16-11-4-2-1-3-5-11/h1-6H,7-9H2,(H,16,20). The number of carbonyl (C=O) groups is 1. The molecule has 0 bridgehead atoms. The molecule has 3 rings (SSSR count). The highest BCUT2D eigenvalue weighted by molar-refractivity contribution is 6.99. The number of benzene rings is 1. The Hall–Kier alpha value is -2.28. The van der Waals surface area contributed by atoms with E-state index in [2.05, 4.69) is 14.1 Å². The van der Waals surface area contributed by atoms with E-state index in [1.165, 1.54) is 0 Å². The van der Waals surface area contributed by atoms with E-state index < -0.39 is 5.95 Å². The van der Waals surface area contributed by atoms with Crippen LogP contribution in [-0.4, -0.2) is 32.8 Å². The SMILES string of the molecule is O=C(Nc1ccccc1)N1CC=C(c2nsnc2F)CC1. The van der Waals surface area contributed by atoms with E-state index in [1.54, 1.807) is 4.90 Å². The van der Waals surface area contributed by atoms with Gasteiger partial charge in [-0.2, -0.15) is 8.76 Å². The van der Waals surface area contributed by atoms with Gasteiger partial charge in [-0.1, -0.05) is 24.3 Å². The van der Waals surface area contributed by atoms with Crippen molar-refractivity contribution < 1.29 is 9.18 Å². The third-order valence-electron chi connectivity index (χ3n) is 3.27. The topological polar surface area (TPSA) is 58.1 Å². The number of carbonyl (C=O) groups excluding carboxylic acids is 1. The molecule has 0 fully saturated rings. The molecule has 7 heteroatoms. The number of urea groups is 1. The van der Waals surface area contributed by atoms with E-state index in [9.17, 15) is 9.18 Å².